The molecular weight excluding hydrogens is 322 g/mol. The minimum Gasteiger partial charge on any atom is -0.394 e. The van der Waals surface area contributed by atoms with E-state index in [1.165, 1.54) is 0 Å². The van der Waals surface area contributed by atoms with Gasteiger partial charge in [-0.05, 0) is 27.4 Å². The van der Waals surface area contributed by atoms with Crippen molar-refractivity contribution in [2.75, 3.05) is 33.8 Å². The van der Waals surface area contributed by atoms with Crippen LogP contribution in [0.15, 0.2) is 6.20 Å². The molecule has 2 heterocycles. The number of hydrogen-bond acceptors (Lipinski definition) is 6. The van der Waals surface area contributed by atoms with Crippen LogP contribution in [0.3, 0.4) is 0 Å². The molecule has 2 rings (SSSR count). The molecule has 0 spiro atoms. The molecule has 0 saturated carbocycles. The fourth-order valence-electron chi connectivity index (χ4n) is 3.05. The van der Waals surface area contributed by atoms with Crippen molar-refractivity contribution in [3.63, 3.8) is 0 Å². The average molecular weight is 353 g/mol. The van der Waals surface area contributed by atoms with Crippen LogP contribution >= 0.6 is 0 Å². The van der Waals surface area contributed by atoms with E-state index in [-0.39, 0.29) is 30.6 Å². The van der Waals surface area contributed by atoms with Gasteiger partial charge < -0.3 is 19.6 Å². The third-order valence-corrected chi connectivity index (χ3v) is 4.59. The van der Waals surface area contributed by atoms with Crippen LogP contribution in [0.4, 0.5) is 0 Å². The number of aliphatic hydroxyl groups is 1. The van der Waals surface area contributed by atoms with E-state index < -0.39 is 0 Å². The molecule has 0 aliphatic carbocycles. The van der Waals surface area contributed by atoms with Crippen molar-refractivity contribution in [2.45, 2.75) is 52.0 Å². The number of carbonyl (C=O) groups excluding carboxylic acids is 1. The van der Waals surface area contributed by atoms with Gasteiger partial charge in [0.05, 0.1) is 31.6 Å². The highest BCUT2D eigenvalue weighted by molar-refractivity contribution is 5.76. The Hall–Kier alpha value is -1.51. The summed E-state index contributed by atoms with van der Waals surface area (Å²) < 4.78 is 7.87. The highest BCUT2D eigenvalue weighted by Gasteiger charge is 2.27. The lowest BCUT2D eigenvalue weighted by Gasteiger charge is -2.34. The first-order valence-corrected chi connectivity index (χ1v) is 8.96. The zero-order chi connectivity index (χ0) is 18.4. The summed E-state index contributed by atoms with van der Waals surface area (Å²) in [6, 6.07) is -0.197. The number of aromatic nitrogens is 3. The molecule has 25 heavy (non-hydrogen) atoms. The Bertz CT molecular complexity index is 548. The normalized spacial score (nSPS) is 24.6. The van der Waals surface area contributed by atoms with Gasteiger partial charge >= 0.3 is 0 Å². The maximum atomic E-state index is 12.7. The summed E-state index contributed by atoms with van der Waals surface area (Å²) in [5, 5.41) is 17.8. The fraction of sp³-hybridized carbons (Fsp3) is 0.824. The molecule has 0 saturated heterocycles. The summed E-state index contributed by atoms with van der Waals surface area (Å²) in [5.41, 5.74) is 0.808. The summed E-state index contributed by atoms with van der Waals surface area (Å²) in [7, 11) is 4.01. The first kappa shape index (κ1) is 19.8. The molecular formula is C17H31N5O3. The Morgan fingerprint density at radius 3 is 2.92 bits per heavy atom. The third kappa shape index (κ3) is 5.76. The number of carbonyl (C=O) groups is 1. The third-order valence-electron chi connectivity index (χ3n) is 4.59. The summed E-state index contributed by atoms with van der Waals surface area (Å²) in [6.45, 7) is 6.32. The van der Waals surface area contributed by atoms with Crippen molar-refractivity contribution in [1.29, 1.82) is 0 Å². The van der Waals surface area contributed by atoms with E-state index in [1.54, 1.807) is 9.58 Å². The second kappa shape index (κ2) is 9.26. The molecule has 1 aromatic heterocycles. The van der Waals surface area contributed by atoms with Crippen molar-refractivity contribution < 1.29 is 14.6 Å². The predicted octanol–water partition coefficient (Wildman–Crippen LogP) is 0.364. The lowest BCUT2D eigenvalue weighted by atomic mass is 10.0. The minimum atomic E-state index is -0.197. The Morgan fingerprint density at radius 2 is 2.24 bits per heavy atom. The molecule has 1 aliphatic rings. The number of aryl methyl sites for hydroxylation is 1. The number of rotatable bonds is 4. The van der Waals surface area contributed by atoms with Gasteiger partial charge in [-0.25, -0.2) is 0 Å². The predicted molar refractivity (Wildman–Crippen MR) is 93.8 cm³/mol. The fourth-order valence-corrected chi connectivity index (χ4v) is 3.05. The number of hydrogen-bond donors (Lipinski definition) is 1. The summed E-state index contributed by atoms with van der Waals surface area (Å²) in [5.74, 6) is 0.202. The maximum absolute atomic E-state index is 12.7. The van der Waals surface area contributed by atoms with E-state index in [4.69, 9.17) is 4.74 Å². The molecule has 1 aliphatic heterocycles. The van der Waals surface area contributed by atoms with Gasteiger partial charge in [-0.1, -0.05) is 12.1 Å². The number of likely N-dealkylation sites (N-methyl/N-ethyl adjacent to an activating group) is 1. The molecule has 1 aromatic rings. The van der Waals surface area contributed by atoms with E-state index in [0.29, 0.717) is 32.5 Å². The lowest BCUT2D eigenvalue weighted by molar-refractivity contribution is -0.136. The van der Waals surface area contributed by atoms with Gasteiger partial charge in [0.2, 0.25) is 5.91 Å². The van der Waals surface area contributed by atoms with Crippen molar-refractivity contribution in [2.24, 2.45) is 5.92 Å². The number of aliphatic hydroxyl groups excluding tert-OH is 1. The Balaban J connectivity index is 2.20. The summed E-state index contributed by atoms with van der Waals surface area (Å²) in [6.07, 6.45) is 2.98. The quantitative estimate of drug-likeness (QED) is 0.842. The van der Waals surface area contributed by atoms with Crippen molar-refractivity contribution >= 4 is 5.91 Å². The van der Waals surface area contributed by atoms with Crippen LogP contribution in [0.5, 0.6) is 0 Å². The van der Waals surface area contributed by atoms with Gasteiger partial charge in [0, 0.05) is 32.0 Å². The summed E-state index contributed by atoms with van der Waals surface area (Å²) >= 11 is 0. The van der Waals surface area contributed by atoms with Crippen LogP contribution in [0.2, 0.25) is 0 Å². The minimum absolute atomic E-state index is 0.0380. The van der Waals surface area contributed by atoms with Gasteiger partial charge in [0.15, 0.2) is 0 Å². The van der Waals surface area contributed by atoms with Gasteiger partial charge in [-0.3, -0.25) is 9.48 Å². The smallest absolute Gasteiger partial charge is 0.222 e. The van der Waals surface area contributed by atoms with Crippen LogP contribution < -0.4 is 0 Å². The van der Waals surface area contributed by atoms with E-state index in [1.807, 2.05) is 27.2 Å². The monoisotopic (exact) mass is 353 g/mol. The lowest BCUT2D eigenvalue weighted by Crippen LogP contribution is -2.46. The summed E-state index contributed by atoms with van der Waals surface area (Å²) in [4.78, 5) is 16.5. The topological polar surface area (TPSA) is 83.7 Å². The van der Waals surface area contributed by atoms with Crippen LogP contribution in [0.25, 0.3) is 0 Å². The van der Waals surface area contributed by atoms with Gasteiger partial charge in [0.1, 0.15) is 5.69 Å². The molecule has 0 radical (unpaired) electrons. The number of ether oxygens (including phenoxy) is 1. The van der Waals surface area contributed by atoms with Gasteiger partial charge in [0.25, 0.3) is 0 Å². The molecule has 2 bridgehead atoms. The van der Waals surface area contributed by atoms with E-state index >= 15 is 0 Å². The highest BCUT2D eigenvalue weighted by atomic mass is 16.5. The number of nitrogens with zero attached hydrogens (tertiary/aromatic N) is 5. The van der Waals surface area contributed by atoms with Crippen LogP contribution in [0, 0.1) is 5.92 Å². The number of fused-ring (bicyclic) bond motifs is 2. The van der Waals surface area contributed by atoms with Crippen LogP contribution in [0.1, 0.15) is 32.4 Å². The molecule has 8 heteroatoms. The van der Waals surface area contributed by atoms with Crippen molar-refractivity contribution in [1.82, 2.24) is 24.8 Å². The van der Waals surface area contributed by atoms with Gasteiger partial charge in [-0.2, -0.15) is 0 Å². The van der Waals surface area contributed by atoms with Crippen LogP contribution in [-0.2, 0) is 22.7 Å². The highest BCUT2D eigenvalue weighted by Crippen LogP contribution is 2.17. The van der Waals surface area contributed by atoms with Crippen molar-refractivity contribution in [3.05, 3.63) is 11.9 Å². The van der Waals surface area contributed by atoms with Crippen molar-refractivity contribution in [3.8, 4) is 0 Å². The second-order valence-electron chi connectivity index (χ2n) is 7.24. The molecule has 1 N–H and O–H groups in total. The Labute approximate surface area is 149 Å². The first-order chi connectivity index (χ1) is 11.9. The number of amides is 1. The molecule has 8 nitrogen and oxygen atoms in total. The maximum Gasteiger partial charge on any atom is 0.222 e. The van der Waals surface area contributed by atoms with E-state index in [0.717, 1.165) is 12.2 Å². The largest absolute Gasteiger partial charge is 0.394 e. The molecule has 0 fully saturated rings. The average Bonchev–Trinajstić information content (AvgIpc) is 3.02. The zero-order valence-electron chi connectivity index (χ0n) is 15.8. The van der Waals surface area contributed by atoms with Crippen LogP contribution in [-0.4, -0.2) is 81.7 Å². The Morgan fingerprint density at radius 1 is 1.48 bits per heavy atom. The molecule has 3 atom stereocenters. The first-order valence-electron chi connectivity index (χ1n) is 8.96. The SMILES string of the molecule is C[C@H](CO)N1C[C@H](C)[C@@H](CN(C)C)OCc2cn(nn2)CCCC1=O. The zero-order valence-corrected chi connectivity index (χ0v) is 15.8. The molecule has 142 valence electrons. The van der Waals surface area contributed by atoms with Gasteiger partial charge in [-0.15, -0.1) is 5.10 Å². The second-order valence-corrected chi connectivity index (χ2v) is 7.24. The van der Waals surface area contributed by atoms with E-state index in [2.05, 4.69) is 22.1 Å². The Kier molecular flexibility index (Phi) is 7.34. The molecule has 0 unspecified atom stereocenters. The standard InChI is InChI=1S/C17H31N5O3/c1-13-8-22(14(2)11-23)17(24)6-5-7-21-9-15(18-19-21)12-25-16(13)10-20(3)4/h9,13-14,16,23H,5-8,10-12H2,1-4H3/t13-,14+,16+/m0/s1. The molecule has 1 amide bonds. The van der Waals surface area contributed by atoms with E-state index in [9.17, 15) is 9.90 Å². The molecule has 0 aromatic carbocycles.